The number of hydrogen-bond donors (Lipinski definition) is 0. The zero-order valence-corrected chi connectivity index (χ0v) is 68.5. The summed E-state index contributed by atoms with van der Waals surface area (Å²) >= 11 is 0. The zero-order valence-electron chi connectivity index (χ0n) is 68.5. The molecule has 0 saturated heterocycles. The van der Waals surface area contributed by atoms with Gasteiger partial charge in [0.1, 0.15) is 0 Å². The average Bonchev–Trinajstić information content (AvgIpc) is 1.54. The van der Waals surface area contributed by atoms with E-state index in [-0.39, 0.29) is 0 Å². The van der Waals surface area contributed by atoms with Crippen LogP contribution in [-0.2, 0) is 10.8 Å². The van der Waals surface area contributed by atoms with E-state index >= 15 is 0 Å². The van der Waals surface area contributed by atoms with Gasteiger partial charge in [-0.25, -0.2) is 39.6 Å². The molecule has 2 aliphatic carbocycles. The van der Waals surface area contributed by atoms with E-state index in [4.69, 9.17) is 43.0 Å². The SMILES string of the molecule is [C-]#[N+]c1ccc2c(c1)-c1ccc(-c3ccc(-c4nc(-c5ccc(-c6ccccc6)cc5)nc(-c5ccc(-c6ccccc6)cc5)n4)cc3)cc1C2(c1ccccc1)c1ccccc1.[C-]#[N+]c1ccc2c(c1)-c1ccc(-c3ccc(-c4nc(-c5ccccc5)nc(-c5cc(-c6ccccc6)cc(-c6ccccc6)c5)n4)cc3)cc1C2(c1ccccc1)c1ccccc1. The van der Waals surface area contributed by atoms with E-state index in [9.17, 15) is 0 Å². The third kappa shape index (κ3) is 14.2. The summed E-state index contributed by atoms with van der Waals surface area (Å²) in [5.41, 5.74) is 32.9. The van der Waals surface area contributed by atoms with E-state index in [0.29, 0.717) is 46.3 Å². The Balaban J connectivity index is 0.000000154. The van der Waals surface area contributed by atoms with E-state index in [2.05, 4.69) is 404 Å². The fraction of sp³-hybridized carbons (Fsp3) is 0.0169. The van der Waals surface area contributed by atoms with E-state index in [0.717, 1.165) is 122 Å². The summed E-state index contributed by atoms with van der Waals surface area (Å²) in [5.74, 6) is 3.66. The van der Waals surface area contributed by atoms with Crippen LogP contribution in [0.15, 0.2) is 461 Å². The van der Waals surface area contributed by atoms with Crippen molar-refractivity contribution in [1.82, 2.24) is 29.9 Å². The minimum absolute atomic E-state index is 0.569. The van der Waals surface area contributed by atoms with Gasteiger partial charge in [0.05, 0.1) is 24.0 Å². The first-order valence-corrected chi connectivity index (χ1v) is 42.2. The summed E-state index contributed by atoms with van der Waals surface area (Å²) in [6.07, 6.45) is 0. The second-order valence-corrected chi connectivity index (χ2v) is 31.7. The molecule has 588 valence electrons. The molecular weight excluding hydrogens is 1530 g/mol. The van der Waals surface area contributed by atoms with Gasteiger partial charge < -0.3 is 0 Å². The van der Waals surface area contributed by atoms with E-state index in [1.807, 2.05) is 66.7 Å². The lowest BCUT2D eigenvalue weighted by Crippen LogP contribution is -2.28. The van der Waals surface area contributed by atoms with Gasteiger partial charge in [-0.3, -0.25) is 0 Å². The zero-order chi connectivity index (χ0) is 84.3. The summed E-state index contributed by atoms with van der Waals surface area (Å²) in [6, 6.07) is 161. The average molecular weight is 1610 g/mol. The monoisotopic (exact) mass is 1600 g/mol. The molecular formula is C118H76N8. The van der Waals surface area contributed by atoms with Crippen LogP contribution >= 0.6 is 0 Å². The van der Waals surface area contributed by atoms with Gasteiger partial charge in [0.15, 0.2) is 46.3 Å². The number of aromatic nitrogens is 6. The van der Waals surface area contributed by atoms with Crippen LogP contribution in [0.4, 0.5) is 11.4 Å². The van der Waals surface area contributed by atoms with Crippen molar-refractivity contribution < 1.29 is 0 Å². The fourth-order valence-corrected chi connectivity index (χ4v) is 18.4. The van der Waals surface area contributed by atoms with Crippen LogP contribution in [0.3, 0.4) is 0 Å². The molecule has 8 nitrogen and oxygen atoms in total. The number of benzene rings is 18. The second kappa shape index (κ2) is 33.2. The summed E-state index contributed by atoms with van der Waals surface area (Å²) < 4.78 is 0. The quantitative estimate of drug-likeness (QED) is 0.0896. The molecule has 22 rings (SSSR count). The lowest BCUT2D eigenvalue weighted by Gasteiger charge is -2.34. The van der Waals surface area contributed by atoms with Crippen LogP contribution in [0.5, 0.6) is 0 Å². The first-order valence-electron chi connectivity index (χ1n) is 42.2. The molecule has 0 spiro atoms. The van der Waals surface area contributed by atoms with Gasteiger partial charge in [-0.1, -0.05) is 419 Å². The summed E-state index contributed by atoms with van der Waals surface area (Å²) in [4.78, 5) is 38.3. The standard InChI is InChI=1S/2C59H38N4/c1-60-51-32-34-54-53(39-51)52-33-31-45(38-55(52)59(54,49-23-13-5-14-24-49)50-25-15-6-16-26-50)42-27-29-44(30-28-42)57-61-56(43-21-11-4-12-22-43)62-58(63-57)48-36-46(40-17-7-2-8-18-40)35-47(37-48)41-19-9-3-10-20-41;1-60-51-35-37-54-53(39-51)52-36-34-48(38-55(52)59(54,49-18-10-4-11-19-49)50-20-12-5-13-21-50)44-26-32-47(33-27-44)58-62-56(45-28-22-42(23-29-45)40-14-6-2-7-15-40)61-57(63-58)46-30-24-43(25-31-46)41-16-8-3-9-17-41/h2*2-39H. The van der Waals surface area contributed by atoms with E-state index in [1.54, 1.807) is 0 Å². The highest BCUT2D eigenvalue weighted by molar-refractivity contribution is 5.93. The van der Waals surface area contributed by atoms with Crippen molar-refractivity contribution in [3.8, 4) is 157 Å². The maximum absolute atomic E-state index is 7.85. The highest BCUT2D eigenvalue weighted by Crippen LogP contribution is 2.60. The van der Waals surface area contributed by atoms with Gasteiger partial charge in [-0.05, 0) is 176 Å². The Labute approximate surface area is 732 Å². The Morgan fingerprint density at radius 2 is 0.357 bits per heavy atom. The Hall–Kier alpha value is -17.0. The Morgan fingerprint density at radius 1 is 0.151 bits per heavy atom. The molecule has 0 aliphatic heterocycles. The molecule has 0 bridgehead atoms. The van der Waals surface area contributed by atoms with Gasteiger partial charge in [0.25, 0.3) is 0 Å². The van der Waals surface area contributed by atoms with Crippen molar-refractivity contribution in [3.63, 3.8) is 0 Å². The number of nitrogens with zero attached hydrogens (tertiary/aromatic N) is 8. The second-order valence-electron chi connectivity index (χ2n) is 31.7. The van der Waals surface area contributed by atoms with Gasteiger partial charge in [-0.15, -0.1) is 0 Å². The van der Waals surface area contributed by atoms with Gasteiger partial charge in [-0.2, -0.15) is 0 Å². The maximum Gasteiger partial charge on any atom is 0.187 e. The lowest BCUT2D eigenvalue weighted by molar-refractivity contribution is 0.769. The summed E-state index contributed by atoms with van der Waals surface area (Å²) in [5, 5.41) is 0. The fourth-order valence-electron chi connectivity index (χ4n) is 18.4. The van der Waals surface area contributed by atoms with Crippen molar-refractivity contribution in [2.24, 2.45) is 0 Å². The molecule has 8 heteroatoms. The van der Waals surface area contributed by atoms with Crippen molar-refractivity contribution >= 4 is 11.4 Å². The molecule has 2 aromatic heterocycles. The molecule has 20 aromatic rings. The molecule has 0 N–H and O–H groups in total. The number of fused-ring (bicyclic) bond motifs is 6. The Bertz CT molecular complexity index is 7260. The molecule has 0 unspecified atom stereocenters. The third-order valence-corrected chi connectivity index (χ3v) is 24.5. The van der Waals surface area contributed by atoms with Crippen LogP contribution in [0.25, 0.3) is 167 Å². The van der Waals surface area contributed by atoms with E-state index in [1.165, 1.54) is 44.5 Å². The third-order valence-electron chi connectivity index (χ3n) is 24.5. The molecule has 126 heavy (non-hydrogen) atoms. The number of hydrogen-bond acceptors (Lipinski definition) is 6. The highest BCUT2D eigenvalue weighted by Gasteiger charge is 2.48. The van der Waals surface area contributed by atoms with Crippen LogP contribution < -0.4 is 0 Å². The van der Waals surface area contributed by atoms with Crippen molar-refractivity contribution in [2.75, 3.05) is 0 Å². The lowest BCUT2D eigenvalue weighted by atomic mass is 9.67. The van der Waals surface area contributed by atoms with Gasteiger partial charge in [0.2, 0.25) is 0 Å². The topological polar surface area (TPSA) is 86.1 Å². The van der Waals surface area contributed by atoms with Crippen LogP contribution in [0.2, 0.25) is 0 Å². The molecule has 2 aliphatic rings. The minimum Gasteiger partial charge on any atom is -0.238 e. The van der Waals surface area contributed by atoms with E-state index < -0.39 is 10.8 Å². The van der Waals surface area contributed by atoms with Crippen LogP contribution in [0, 0.1) is 13.1 Å². The molecule has 0 saturated carbocycles. The van der Waals surface area contributed by atoms with Crippen LogP contribution in [0.1, 0.15) is 44.5 Å². The molecule has 0 amide bonds. The molecule has 0 fully saturated rings. The predicted octanol–water partition coefficient (Wildman–Crippen LogP) is 29.6. The molecule has 0 radical (unpaired) electrons. The van der Waals surface area contributed by atoms with Crippen molar-refractivity contribution in [2.45, 2.75) is 10.8 Å². The molecule has 18 aromatic carbocycles. The first kappa shape index (κ1) is 76.4. The van der Waals surface area contributed by atoms with Gasteiger partial charge >= 0.3 is 0 Å². The minimum atomic E-state index is -0.572. The Kier molecular flexibility index (Phi) is 20.1. The smallest absolute Gasteiger partial charge is 0.187 e. The van der Waals surface area contributed by atoms with Crippen molar-refractivity contribution in [1.29, 1.82) is 0 Å². The largest absolute Gasteiger partial charge is 0.238 e. The molecule has 2 heterocycles. The molecule has 0 atom stereocenters. The first-order chi connectivity index (χ1) is 62.3. The normalized spacial score (nSPS) is 12.2. The summed E-state index contributed by atoms with van der Waals surface area (Å²) in [6.45, 7) is 15.7. The predicted molar refractivity (Wildman–Crippen MR) is 512 cm³/mol. The highest BCUT2D eigenvalue weighted by atomic mass is 15.0. The van der Waals surface area contributed by atoms with Crippen LogP contribution in [-0.4, -0.2) is 29.9 Å². The number of rotatable bonds is 16. The van der Waals surface area contributed by atoms with Gasteiger partial charge in [0, 0.05) is 33.4 Å². The Morgan fingerprint density at radius 3 is 0.635 bits per heavy atom. The summed E-state index contributed by atoms with van der Waals surface area (Å²) in [7, 11) is 0. The van der Waals surface area contributed by atoms with Crippen molar-refractivity contribution in [3.05, 3.63) is 528 Å². The maximum atomic E-state index is 7.85.